The molecule has 5 nitrogen and oxygen atoms in total. The van der Waals surface area contributed by atoms with Crippen molar-refractivity contribution in [1.29, 1.82) is 0 Å². The number of rotatable bonds is 8. The molecule has 0 aromatic heterocycles. The number of amides is 1. The summed E-state index contributed by atoms with van der Waals surface area (Å²) in [6.07, 6.45) is 0.429. The van der Waals surface area contributed by atoms with Crippen molar-refractivity contribution in [3.8, 4) is 5.75 Å². The third kappa shape index (κ3) is 5.28. The highest BCUT2D eigenvalue weighted by Gasteiger charge is 2.14. The maximum Gasteiger partial charge on any atom is 0.404 e. The van der Waals surface area contributed by atoms with Gasteiger partial charge in [-0.2, -0.15) is 0 Å². The van der Waals surface area contributed by atoms with Gasteiger partial charge in [-0.25, -0.2) is 4.79 Å². The molecule has 0 saturated carbocycles. The molecule has 0 bridgehead atoms. The lowest BCUT2D eigenvalue weighted by Crippen LogP contribution is -2.15. The van der Waals surface area contributed by atoms with Gasteiger partial charge in [-0.05, 0) is 48.6 Å². The van der Waals surface area contributed by atoms with E-state index in [1.54, 1.807) is 0 Å². The minimum Gasteiger partial charge on any atom is -0.486 e. The second-order valence-electron chi connectivity index (χ2n) is 5.57. The van der Waals surface area contributed by atoms with Crippen LogP contribution in [0.15, 0.2) is 48.5 Å². The Labute approximate surface area is 142 Å². The zero-order chi connectivity index (χ0) is 17.4. The monoisotopic (exact) mass is 329 g/mol. The molecule has 2 aromatic rings. The summed E-state index contributed by atoms with van der Waals surface area (Å²) in [6.45, 7) is 2.22. The van der Waals surface area contributed by atoms with Crippen LogP contribution < -0.4 is 10.5 Å². The Hall–Kier alpha value is -2.53. The van der Waals surface area contributed by atoms with E-state index in [1.807, 2.05) is 55.5 Å². The molecule has 0 unspecified atom stereocenters. The summed E-state index contributed by atoms with van der Waals surface area (Å²) in [7, 11) is 0. The number of benzene rings is 2. The number of aliphatic hydroxyl groups is 1. The third-order valence-corrected chi connectivity index (χ3v) is 3.79. The topological polar surface area (TPSA) is 81.8 Å². The number of ether oxygens (including phenoxy) is 2. The quantitative estimate of drug-likeness (QED) is 0.726. The van der Waals surface area contributed by atoms with Crippen LogP contribution in [-0.4, -0.2) is 17.8 Å². The van der Waals surface area contributed by atoms with Gasteiger partial charge in [0, 0.05) is 0 Å². The molecule has 0 radical (unpaired) electrons. The van der Waals surface area contributed by atoms with E-state index in [4.69, 9.17) is 15.2 Å². The predicted molar refractivity (Wildman–Crippen MR) is 91.7 cm³/mol. The predicted octanol–water partition coefficient (Wildman–Crippen LogP) is 3.48. The molecule has 0 saturated heterocycles. The molecule has 1 atom stereocenters. The molecule has 0 fully saturated rings. The van der Waals surface area contributed by atoms with E-state index in [1.165, 1.54) is 0 Å². The lowest BCUT2D eigenvalue weighted by Gasteiger charge is -2.20. The molecule has 0 aliphatic rings. The highest BCUT2D eigenvalue weighted by atomic mass is 16.5. The highest BCUT2D eigenvalue weighted by molar-refractivity contribution is 5.64. The van der Waals surface area contributed by atoms with E-state index >= 15 is 0 Å². The van der Waals surface area contributed by atoms with Crippen LogP contribution in [0.5, 0.6) is 5.75 Å². The van der Waals surface area contributed by atoms with Crippen LogP contribution in [0.4, 0.5) is 4.79 Å². The van der Waals surface area contributed by atoms with E-state index in [-0.39, 0.29) is 19.3 Å². The Morgan fingerprint density at radius 3 is 2.58 bits per heavy atom. The largest absolute Gasteiger partial charge is 0.486 e. The Morgan fingerprint density at radius 1 is 1.21 bits per heavy atom. The van der Waals surface area contributed by atoms with Crippen molar-refractivity contribution in [3.63, 3.8) is 0 Å². The van der Waals surface area contributed by atoms with Gasteiger partial charge in [-0.3, -0.25) is 0 Å². The van der Waals surface area contributed by atoms with Crippen molar-refractivity contribution >= 4 is 6.09 Å². The fourth-order valence-corrected chi connectivity index (χ4v) is 2.49. The lowest BCUT2D eigenvalue weighted by atomic mass is 10.0. The number of primary amides is 1. The molecule has 3 N–H and O–H groups in total. The first kappa shape index (κ1) is 17.8. The molecule has 2 aromatic carbocycles. The van der Waals surface area contributed by atoms with Gasteiger partial charge in [0.05, 0.1) is 13.2 Å². The lowest BCUT2D eigenvalue weighted by molar-refractivity contribution is 0.140. The first-order chi connectivity index (χ1) is 11.6. The summed E-state index contributed by atoms with van der Waals surface area (Å²) in [5.74, 6) is 0.745. The first-order valence-corrected chi connectivity index (χ1v) is 7.94. The van der Waals surface area contributed by atoms with Gasteiger partial charge in [-0.1, -0.05) is 36.4 Å². The van der Waals surface area contributed by atoms with Gasteiger partial charge in [0.1, 0.15) is 11.9 Å². The molecule has 0 heterocycles. The van der Waals surface area contributed by atoms with Crippen LogP contribution in [0.25, 0.3) is 0 Å². The second-order valence-corrected chi connectivity index (χ2v) is 5.57. The van der Waals surface area contributed by atoms with Crippen LogP contribution in [0.2, 0.25) is 0 Å². The van der Waals surface area contributed by atoms with Crippen molar-refractivity contribution in [2.75, 3.05) is 6.61 Å². The van der Waals surface area contributed by atoms with E-state index in [2.05, 4.69) is 0 Å². The molecule has 0 aliphatic carbocycles. The number of nitrogens with two attached hydrogens (primary N) is 1. The highest BCUT2D eigenvalue weighted by Crippen LogP contribution is 2.27. The van der Waals surface area contributed by atoms with Gasteiger partial charge in [0.2, 0.25) is 0 Å². The zero-order valence-corrected chi connectivity index (χ0v) is 13.8. The van der Waals surface area contributed by atoms with Crippen molar-refractivity contribution in [2.45, 2.75) is 32.5 Å². The summed E-state index contributed by atoms with van der Waals surface area (Å²) in [4.78, 5) is 10.7. The van der Waals surface area contributed by atoms with Gasteiger partial charge in [-0.15, -0.1) is 0 Å². The number of aliphatic hydroxyl groups excluding tert-OH is 1. The van der Waals surface area contributed by atoms with E-state index < -0.39 is 6.09 Å². The van der Waals surface area contributed by atoms with Crippen LogP contribution in [0.1, 0.15) is 35.6 Å². The molecule has 1 amide bonds. The van der Waals surface area contributed by atoms with E-state index in [9.17, 15) is 9.90 Å². The molecular formula is C19H23NO4. The molecular weight excluding hydrogens is 306 g/mol. The summed E-state index contributed by atoms with van der Waals surface area (Å²) >= 11 is 0. The van der Waals surface area contributed by atoms with Crippen molar-refractivity contribution < 1.29 is 19.4 Å². The van der Waals surface area contributed by atoms with Crippen LogP contribution in [0.3, 0.4) is 0 Å². The summed E-state index contributed by atoms with van der Waals surface area (Å²) < 4.78 is 10.9. The summed E-state index contributed by atoms with van der Waals surface area (Å²) in [5, 5.41) is 9.26. The van der Waals surface area contributed by atoms with Crippen LogP contribution in [-0.2, 0) is 11.3 Å². The van der Waals surface area contributed by atoms with E-state index in [0.29, 0.717) is 12.8 Å². The molecule has 2 rings (SSSR count). The van der Waals surface area contributed by atoms with Crippen molar-refractivity contribution in [2.24, 2.45) is 5.73 Å². The van der Waals surface area contributed by atoms with Gasteiger partial charge >= 0.3 is 6.09 Å². The van der Waals surface area contributed by atoms with Gasteiger partial charge < -0.3 is 20.3 Å². The van der Waals surface area contributed by atoms with E-state index in [0.717, 1.165) is 22.4 Å². The fourth-order valence-electron chi connectivity index (χ4n) is 2.49. The molecule has 5 heteroatoms. The number of hydrogen-bond donors (Lipinski definition) is 2. The first-order valence-electron chi connectivity index (χ1n) is 7.94. The maximum atomic E-state index is 10.7. The Balaban J connectivity index is 2.08. The minimum absolute atomic E-state index is 0.0126. The average molecular weight is 329 g/mol. The summed E-state index contributed by atoms with van der Waals surface area (Å²) in [5.41, 5.74) is 7.90. The number of hydrogen-bond acceptors (Lipinski definition) is 4. The minimum atomic E-state index is -0.762. The third-order valence-electron chi connectivity index (χ3n) is 3.79. The van der Waals surface area contributed by atoms with Gasteiger partial charge in [0.15, 0.2) is 0 Å². The molecule has 0 spiro atoms. The SMILES string of the molecule is Cc1cc(O[C@@H](CCCOC(N)=O)c2ccccc2)ccc1CO. The Morgan fingerprint density at radius 2 is 1.96 bits per heavy atom. The smallest absolute Gasteiger partial charge is 0.404 e. The fraction of sp³-hybridized carbons (Fsp3) is 0.316. The number of aryl methyl sites for hydroxylation is 1. The maximum absolute atomic E-state index is 10.7. The Kier molecular flexibility index (Phi) is 6.63. The zero-order valence-electron chi connectivity index (χ0n) is 13.8. The normalized spacial score (nSPS) is 11.8. The van der Waals surface area contributed by atoms with Crippen molar-refractivity contribution in [1.82, 2.24) is 0 Å². The summed E-state index contributed by atoms with van der Waals surface area (Å²) in [6, 6.07) is 15.5. The molecule has 0 aliphatic heterocycles. The molecule has 128 valence electrons. The van der Waals surface area contributed by atoms with Crippen molar-refractivity contribution in [3.05, 3.63) is 65.2 Å². The van der Waals surface area contributed by atoms with Crippen LogP contribution in [0, 0.1) is 6.92 Å². The average Bonchev–Trinajstić information content (AvgIpc) is 2.58. The standard InChI is InChI=1S/C19H23NO4/c1-14-12-17(10-9-16(14)13-21)24-18(8-5-11-23-19(20)22)15-6-3-2-4-7-15/h2-4,6-7,9-10,12,18,21H,5,8,11,13H2,1H3,(H2,20,22)/t18-/m0/s1. The number of carbonyl (C=O) groups is 1. The second kappa shape index (κ2) is 8.93. The number of carbonyl (C=O) groups excluding carboxylic acids is 1. The Bertz CT molecular complexity index is 658. The van der Waals surface area contributed by atoms with Gasteiger partial charge in [0.25, 0.3) is 0 Å². The van der Waals surface area contributed by atoms with Crippen LogP contribution >= 0.6 is 0 Å². The molecule has 24 heavy (non-hydrogen) atoms.